The normalized spacial score (nSPS) is 13.4. The Bertz CT molecular complexity index is 1060. The molecule has 0 aromatic rings. The summed E-state index contributed by atoms with van der Waals surface area (Å²) in [6.45, 7) is 6.47. The molecule has 1 amide bonds. The highest BCUT2D eigenvalue weighted by Gasteiger charge is 2.24. The van der Waals surface area contributed by atoms with Gasteiger partial charge in [-0.25, -0.2) is 0 Å². The van der Waals surface area contributed by atoms with Gasteiger partial charge in [-0.2, -0.15) is 0 Å². The fourth-order valence-electron chi connectivity index (χ4n) is 8.63. The Balaban J connectivity index is 4.54. The van der Waals surface area contributed by atoms with Gasteiger partial charge in [0.05, 0.1) is 25.2 Å². The molecule has 0 aromatic heterocycles. The van der Waals surface area contributed by atoms with Gasteiger partial charge >= 0.3 is 5.97 Å². The van der Waals surface area contributed by atoms with Crippen molar-refractivity contribution < 1.29 is 24.5 Å². The highest BCUT2D eigenvalue weighted by molar-refractivity contribution is 5.77. The number of aliphatic hydroxyl groups excluding tert-OH is 2. The van der Waals surface area contributed by atoms with Crippen LogP contribution in [0.3, 0.4) is 0 Å². The van der Waals surface area contributed by atoms with E-state index >= 15 is 0 Å². The second-order valence-electron chi connectivity index (χ2n) is 19.3. The first-order chi connectivity index (χ1) is 31.5. The van der Waals surface area contributed by atoms with Crippen LogP contribution in [0.4, 0.5) is 0 Å². The van der Waals surface area contributed by atoms with Crippen molar-refractivity contribution in [1.82, 2.24) is 5.32 Å². The van der Waals surface area contributed by atoms with Crippen molar-refractivity contribution in [1.29, 1.82) is 0 Å². The Morgan fingerprint density at radius 2 is 0.797 bits per heavy atom. The second kappa shape index (κ2) is 52.1. The zero-order valence-electron chi connectivity index (χ0n) is 42.9. The summed E-state index contributed by atoms with van der Waals surface area (Å²) in [5.41, 5.74) is 0. The SMILES string of the molecule is CCCCC/C=C\C/C=C\CCCCCCCCCCCC(=O)OC(CCCCC/C=C/CCCCCCCCC)CC(=O)NC(CO)C(O)CCCCCCCCCCCCCC. The molecule has 64 heavy (non-hydrogen) atoms. The van der Waals surface area contributed by atoms with E-state index in [1.807, 2.05) is 0 Å². The fraction of sp³-hybridized carbons (Fsp3) is 0.862. The monoisotopic (exact) mass is 900 g/mol. The number of amides is 1. The van der Waals surface area contributed by atoms with Crippen molar-refractivity contribution in [2.24, 2.45) is 0 Å². The molecule has 6 heteroatoms. The number of ether oxygens (including phenoxy) is 1. The lowest BCUT2D eigenvalue weighted by atomic mass is 10.0. The summed E-state index contributed by atoms with van der Waals surface area (Å²) in [7, 11) is 0. The van der Waals surface area contributed by atoms with E-state index in [0.717, 1.165) is 70.6 Å². The molecule has 0 aliphatic carbocycles. The molecule has 3 unspecified atom stereocenters. The second-order valence-corrected chi connectivity index (χ2v) is 19.3. The summed E-state index contributed by atoms with van der Waals surface area (Å²) >= 11 is 0. The lowest BCUT2D eigenvalue weighted by Gasteiger charge is -2.24. The fourth-order valence-corrected chi connectivity index (χ4v) is 8.63. The molecule has 0 saturated carbocycles. The maximum atomic E-state index is 13.2. The van der Waals surface area contributed by atoms with Crippen LogP contribution < -0.4 is 5.32 Å². The van der Waals surface area contributed by atoms with E-state index in [9.17, 15) is 19.8 Å². The maximum absolute atomic E-state index is 13.2. The summed E-state index contributed by atoms with van der Waals surface area (Å²) in [4.78, 5) is 26.2. The van der Waals surface area contributed by atoms with Crippen LogP contribution in [0.5, 0.6) is 0 Å². The Morgan fingerprint density at radius 3 is 1.25 bits per heavy atom. The molecule has 0 rings (SSSR count). The third kappa shape index (κ3) is 46.6. The minimum atomic E-state index is -0.790. The van der Waals surface area contributed by atoms with Gasteiger partial charge in [0.15, 0.2) is 0 Å². The molecule has 0 saturated heterocycles. The molecule has 0 radical (unpaired) electrons. The van der Waals surface area contributed by atoms with Crippen LogP contribution in [0, 0.1) is 0 Å². The van der Waals surface area contributed by atoms with Crippen molar-refractivity contribution in [3.05, 3.63) is 36.5 Å². The predicted molar refractivity (Wildman–Crippen MR) is 278 cm³/mol. The summed E-state index contributed by atoms with van der Waals surface area (Å²) < 4.78 is 5.95. The van der Waals surface area contributed by atoms with E-state index in [0.29, 0.717) is 19.3 Å². The van der Waals surface area contributed by atoms with E-state index in [2.05, 4.69) is 62.5 Å². The molecule has 0 aromatic carbocycles. The highest BCUT2D eigenvalue weighted by atomic mass is 16.5. The molecule has 0 heterocycles. The number of carbonyl (C=O) groups is 2. The van der Waals surface area contributed by atoms with Gasteiger partial charge in [-0.3, -0.25) is 9.59 Å². The number of hydrogen-bond acceptors (Lipinski definition) is 5. The van der Waals surface area contributed by atoms with E-state index in [1.165, 1.54) is 180 Å². The molecular formula is C58H109NO5. The quantitative estimate of drug-likeness (QED) is 0.0321. The topological polar surface area (TPSA) is 95.9 Å². The lowest BCUT2D eigenvalue weighted by Crippen LogP contribution is -2.46. The van der Waals surface area contributed by atoms with Crippen LogP contribution in [0.25, 0.3) is 0 Å². The van der Waals surface area contributed by atoms with Crippen molar-refractivity contribution in [3.63, 3.8) is 0 Å². The van der Waals surface area contributed by atoms with Crippen molar-refractivity contribution in [2.45, 2.75) is 315 Å². The van der Waals surface area contributed by atoms with E-state index in [1.54, 1.807) is 0 Å². The van der Waals surface area contributed by atoms with Gasteiger partial charge in [-0.15, -0.1) is 0 Å². The zero-order valence-corrected chi connectivity index (χ0v) is 42.9. The summed E-state index contributed by atoms with van der Waals surface area (Å²) in [6.07, 6.45) is 62.1. The van der Waals surface area contributed by atoms with Gasteiger partial charge in [0, 0.05) is 6.42 Å². The lowest BCUT2D eigenvalue weighted by molar-refractivity contribution is -0.151. The van der Waals surface area contributed by atoms with Gasteiger partial charge in [0.25, 0.3) is 0 Å². The minimum Gasteiger partial charge on any atom is -0.462 e. The zero-order chi connectivity index (χ0) is 46.7. The van der Waals surface area contributed by atoms with Gasteiger partial charge in [0.1, 0.15) is 6.10 Å². The predicted octanol–water partition coefficient (Wildman–Crippen LogP) is 17.2. The Kier molecular flexibility index (Phi) is 50.5. The van der Waals surface area contributed by atoms with Gasteiger partial charge in [0.2, 0.25) is 5.91 Å². The minimum absolute atomic E-state index is 0.0682. The van der Waals surface area contributed by atoms with Crippen molar-refractivity contribution in [2.75, 3.05) is 6.61 Å². The van der Waals surface area contributed by atoms with Crippen LogP contribution in [0.1, 0.15) is 297 Å². The summed E-state index contributed by atoms with van der Waals surface area (Å²) in [5.74, 6) is -0.481. The number of aliphatic hydroxyl groups is 2. The molecule has 0 aliphatic rings. The number of hydrogen-bond donors (Lipinski definition) is 3. The number of carbonyl (C=O) groups excluding carboxylic acids is 2. The largest absolute Gasteiger partial charge is 0.462 e. The number of unbranched alkanes of at least 4 members (excludes halogenated alkanes) is 33. The van der Waals surface area contributed by atoms with Crippen LogP contribution in [-0.2, 0) is 14.3 Å². The van der Waals surface area contributed by atoms with Gasteiger partial charge in [-0.1, -0.05) is 237 Å². The third-order valence-electron chi connectivity index (χ3n) is 12.9. The average Bonchev–Trinajstić information content (AvgIpc) is 3.29. The van der Waals surface area contributed by atoms with Gasteiger partial charge in [-0.05, 0) is 83.5 Å². The van der Waals surface area contributed by atoms with Crippen molar-refractivity contribution >= 4 is 11.9 Å². The number of rotatable bonds is 51. The molecule has 6 nitrogen and oxygen atoms in total. The van der Waals surface area contributed by atoms with Crippen LogP contribution in [0.2, 0.25) is 0 Å². The molecule has 0 bridgehead atoms. The maximum Gasteiger partial charge on any atom is 0.306 e. The summed E-state index contributed by atoms with van der Waals surface area (Å²) in [5, 5.41) is 23.8. The molecule has 3 atom stereocenters. The first kappa shape index (κ1) is 62.1. The molecule has 3 N–H and O–H groups in total. The first-order valence-corrected chi connectivity index (χ1v) is 28.2. The Morgan fingerprint density at radius 1 is 0.453 bits per heavy atom. The van der Waals surface area contributed by atoms with E-state index < -0.39 is 18.2 Å². The molecule has 0 spiro atoms. The number of allylic oxidation sites excluding steroid dienone is 6. The molecule has 0 aliphatic heterocycles. The van der Waals surface area contributed by atoms with Crippen molar-refractivity contribution in [3.8, 4) is 0 Å². The van der Waals surface area contributed by atoms with Gasteiger partial charge < -0.3 is 20.3 Å². The summed E-state index contributed by atoms with van der Waals surface area (Å²) in [6, 6.07) is -0.705. The Hall–Kier alpha value is -1.92. The molecular weight excluding hydrogens is 791 g/mol. The smallest absolute Gasteiger partial charge is 0.306 e. The highest BCUT2D eigenvalue weighted by Crippen LogP contribution is 2.18. The van der Waals surface area contributed by atoms with E-state index in [-0.39, 0.29) is 24.9 Å². The molecule has 0 fully saturated rings. The van der Waals surface area contributed by atoms with Crippen LogP contribution >= 0.6 is 0 Å². The third-order valence-corrected chi connectivity index (χ3v) is 12.9. The van der Waals surface area contributed by atoms with E-state index in [4.69, 9.17) is 4.74 Å². The molecule has 376 valence electrons. The standard InChI is InChI=1S/C58H109NO5/c1-4-7-10-13-16-19-22-25-27-28-29-30-31-33-36-39-42-45-48-51-58(63)64-54(49-46-43-40-37-34-32-26-23-20-17-14-11-8-5-2)52-57(62)59-55(53-60)56(61)50-47-44-41-38-35-24-21-18-15-12-9-6-3/h16,19,25,27,32,34,54-56,60-61H,4-15,17-18,20-24,26,28-31,33,35-53H2,1-3H3,(H,59,62)/b19-16-,27-25-,34-32+. The number of nitrogens with one attached hydrogen (secondary N) is 1. The number of esters is 1. The van der Waals surface area contributed by atoms with Crippen LogP contribution in [-0.4, -0.2) is 46.9 Å². The van der Waals surface area contributed by atoms with Crippen LogP contribution in [0.15, 0.2) is 36.5 Å². The Labute approximate surface area is 398 Å². The average molecular weight is 901 g/mol. The first-order valence-electron chi connectivity index (χ1n) is 28.2.